The van der Waals surface area contributed by atoms with E-state index in [1.54, 1.807) is 0 Å². The number of nitriles is 1. The summed E-state index contributed by atoms with van der Waals surface area (Å²) < 4.78 is 2.22. The number of hydrogen-bond donors (Lipinski definition) is 0. The van der Waals surface area contributed by atoms with E-state index in [1.165, 1.54) is 49.9 Å². The minimum Gasteiger partial charge on any atom is -0.278 e. The molecule has 5 nitrogen and oxygen atoms in total. The molecule has 2 aliphatic carbocycles. The van der Waals surface area contributed by atoms with Gasteiger partial charge in [-0.15, -0.1) is 0 Å². The van der Waals surface area contributed by atoms with E-state index in [0.717, 1.165) is 38.7 Å². The molecule has 10 aromatic rings. The van der Waals surface area contributed by atoms with Crippen molar-refractivity contribution < 1.29 is 0 Å². The Morgan fingerprint density at radius 3 is 1.74 bits per heavy atom. The van der Waals surface area contributed by atoms with Crippen LogP contribution in [0.4, 0.5) is 0 Å². The Morgan fingerprint density at radius 2 is 1.00 bits per heavy atom. The fourth-order valence-corrected chi connectivity index (χ4v) is 9.77. The van der Waals surface area contributed by atoms with E-state index in [4.69, 9.17) is 15.0 Å². The number of benzene rings is 8. The fraction of sp³-hybridized carbons (Fsp3) is 0.0189. The van der Waals surface area contributed by atoms with Crippen LogP contribution in [-0.4, -0.2) is 19.5 Å². The van der Waals surface area contributed by atoms with E-state index in [1.807, 2.05) is 66.7 Å². The molecule has 2 heterocycles. The second-order valence-electron chi connectivity index (χ2n) is 15.0. The first-order valence-corrected chi connectivity index (χ1v) is 19.5. The molecule has 0 unspecified atom stereocenters. The lowest BCUT2D eigenvalue weighted by atomic mass is 9.70. The third-order valence-electron chi connectivity index (χ3n) is 12.1. The summed E-state index contributed by atoms with van der Waals surface area (Å²) in [5, 5.41) is 11.9. The highest BCUT2D eigenvalue weighted by Crippen LogP contribution is 2.64. The van der Waals surface area contributed by atoms with Crippen LogP contribution in [0.2, 0.25) is 0 Å². The second kappa shape index (κ2) is 12.3. The Labute approximate surface area is 334 Å². The standard InChI is InChI=1S/C53H31N5/c54-32-33-14-12-17-35(30-33)36-18-13-19-37(31-36)51-55-50(34-15-2-1-3-16-34)56-52(57-51)58-46-27-11-7-23-41(46)49-47(58)29-28-45-48(49)40-22-6-10-26-44(40)53(45)42-24-8-4-20-38(42)39-21-5-9-25-43(39)53/h1-31H. The maximum atomic E-state index is 9.60. The van der Waals surface area contributed by atoms with Gasteiger partial charge >= 0.3 is 0 Å². The molecule has 1 spiro atoms. The summed E-state index contributed by atoms with van der Waals surface area (Å²) in [4.78, 5) is 15.6. The van der Waals surface area contributed by atoms with E-state index in [-0.39, 0.29) is 0 Å². The largest absolute Gasteiger partial charge is 0.278 e. The molecule has 2 aliphatic rings. The monoisotopic (exact) mass is 737 g/mol. The van der Waals surface area contributed by atoms with E-state index in [2.05, 4.69) is 132 Å². The highest BCUT2D eigenvalue weighted by atomic mass is 15.2. The Kier molecular flexibility index (Phi) is 6.84. The molecule has 0 atom stereocenters. The summed E-state index contributed by atoms with van der Waals surface area (Å²) >= 11 is 0. The van der Waals surface area contributed by atoms with Crippen molar-refractivity contribution in [1.29, 1.82) is 5.26 Å². The molecule has 268 valence electrons. The Hall–Kier alpha value is -7.94. The first-order valence-electron chi connectivity index (χ1n) is 19.5. The van der Waals surface area contributed by atoms with Crippen molar-refractivity contribution in [2.24, 2.45) is 0 Å². The lowest BCUT2D eigenvalue weighted by Crippen LogP contribution is -2.25. The molecular weight excluding hydrogens is 707 g/mol. The predicted molar refractivity (Wildman–Crippen MR) is 231 cm³/mol. The minimum atomic E-state index is -0.449. The normalized spacial score (nSPS) is 12.9. The van der Waals surface area contributed by atoms with Crippen molar-refractivity contribution in [3.63, 3.8) is 0 Å². The molecule has 58 heavy (non-hydrogen) atoms. The molecule has 0 radical (unpaired) electrons. The zero-order chi connectivity index (χ0) is 38.4. The summed E-state index contributed by atoms with van der Waals surface area (Å²) in [7, 11) is 0. The van der Waals surface area contributed by atoms with Crippen LogP contribution in [0.5, 0.6) is 0 Å². The molecule has 0 saturated heterocycles. The van der Waals surface area contributed by atoms with E-state index < -0.39 is 5.41 Å². The quantitative estimate of drug-likeness (QED) is 0.180. The zero-order valence-corrected chi connectivity index (χ0v) is 31.1. The number of aromatic nitrogens is 4. The number of rotatable bonds is 4. The van der Waals surface area contributed by atoms with Gasteiger partial charge in [0.1, 0.15) is 0 Å². The van der Waals surface area contributed by atoms with Gasteiger partial charge in [0.15, 0.2) is 11.6 Å². The average Bonchev–Trinajstić information content (AvgIpc) is 3.91. The van der Waals surface area contributed by atoms with Crippen LogP contribution in [0.3, 0.4) is 0 Å². The van der Waals surface area contributed by atoms with Crippen molar-refractivity contribution in [1.82, 2.24) is 19.5 Å². The summed E-state index contributed by atoms with van der Waals surface area (Å²) in [6.45, 7) is 0. The lowest BCUT2D eigenvalue weighted by Gasteiger charge is -2.30. The molecule has 0 N–H and O–H groups in total. The first-order chi connectivity index (χ1) is 28.7. The fourth-order valence-electron chi connectivity index (χ4n) is 9.77. The molecule has 0 bridgehead atoms. The van der Waals surface area contributed by atoms with Crippen LogP contribution in [-0.2, 0) is 5.41 Å². The van der Waals surface area contributed by atoms with Crippen molar-refractivity contribution in [3.8, 4) is 68.2 Å². The van der Waals surface area contributed by atoms with Gasteiger partial charge in [0.25, 0.3) is 0 Å². The molecule has 0 fully saturated rings. The van der Waals surface area contributed by atoms with Crippen LogP contribution in [0.25, 0.3) is 83.9 Å². The van der Waals surface area contributed by atoms with Crippen molar-refractivity contribution in [3.05, 3.63) is 216 Å². The van der Waals surface area contributed by atoms with Crippen LogP contribution in [0, 0.1) is 11.3 Å². The summed E-state index contributed by atoms with van der Waals surface area (Å²) in [6, 6.07) is 68.4. The summed E-state index contributed by atoms with van der Waals surface area (Å²) in [5.74, 6) is 1.70. The van der Waals surface area contributed by atoms with Crippen LogP contribution < -0.4 is 0 Å². The van der Waals surface area contributed by atoms with Gasteiger partial charge in [0, 0.05) is 21.9 Å². The maximum absolute atomic E-state index is 9.60. The van der Waals surface area contributed by atoms with E-state index in [9.17, 15) is 5.26 Å². The average molecular weight is 738 g/mol. The topological polar surface area (TPSA) is 67.4 Å². The molecule has 12 rings (SSSR count). The van der Waals surface area contributed by atoms with Crippen LogP contribution in [0.1, 0.15) is 27.8 Å². The smallest absolute Gasteiger partial charge is 0.238 e. The molecule has 8 aromatic carbocycles. The van der Waals surface area contributed by atoms with E-state index in [0.29, 0.717) is 23.2 Å². The Bertz CT molecular complexity index is 3320. The maximum Gasteiger partial charge on any atom is 0.238 e. The van der Waals surface area contributed by atoms with Crippen LogP contribution in [0.15, 0.2) is 188 Å². The zero-order valence-electron chi connectivity index (χ0n) is 31.1. The third kappa shape index (κ3) is 4.43. The molecule has 0 saturated carbocycles. The molecule has 0 amide bonds. The van der Waals surface area contributed by atoms with Gasteiger partial charge in [-0.2, -0.15) is 15.2 Å². The van der Waals surface area contributed by atoms with Gasteiger partial charge in [-0.05, 0) is 86.0 Å². The third-order valence-corrected chi connectivity index (χ3v) is 12.1. The number of nitrogens with zero attached hydrogens (tertiary/aromatic N) is 5. The number of hydrogen-bond acceptors (Lipinski definition) is 4. The first kappa shape index (κ1) is 32.3. The second-order valence-corrected chi connectivity index (χ2v) is 15.0. The van der Waals surface area contributed by atoms with Crippen molar-refractivity contribution >= 4 is 21.8 Å². The van der Waals surface area contributed by atoms with Gasteiger partial charge in [-0.3, -0.25) is 4.57 Å². The Morgan fingerprint density at radius 1 is 0.431 bits per heavy atom. The van der Waals surface area contributed by atoms with Gasteiger partial charge < -0.3 is 0 Å². The van der Waals surface area contributed by atoms with Gasteiger partial charge in [-0.25, -0.2) is 4.98 Å². The van der Waals surface area contributed by atoms with Gasteiger partial charge in [-0.1, -0.05) is 158 Å². The molecular formula is C53H31N5. The number of fused-ring (bicyclic) bond motifs is 14. The highest BCUT2D eigenvalue weighted by molar-refractivity contribution is 6.18. The summed E-state index contributed by atoms with van der Waals surface area (Å²) in [5.41, 5.74) is 16.2. The minimum absolute atomic E-state index is 0.449. The molecule has 5 heteroatoms. The van der Waals surface area contributed by atoms with Crippen molar-refractivity contribution in [2.45, 2.75) is 5.41 Å². The van der Waals surface area contributed by atoms with Gasteiger partial charge in [0.05, 0.1) is 28.1 Å². The SMILES string of the molecule is N#Cc1cccc(-c2cccc(-c3nc(-c4ccccc4)nc(-n4c5ccccc5c5c6c(ccc54)C4(c5ccccc5-c5ccccc54)c4ccccc4-6)n3)c2)c1. The van der Waals surface area contributed by atoms with Gasteiger partial charge in [0.2, 0.25) is 5.95 Å². The predicted octanol–water partition coefficient (Wildman–Crippen LogP) is 12.2. The molecule has 2 aromatic heterocycles. The van der Waals surface area contributed by atoms with Crippen LogP contribution >= 0.6 is 0 Å². The highest BCUT2D eigenvalue weighted by Gasteiger charge is 2.52. The summed E-state index contributed by atoms with van der Waals surface area (Å²) in [6.07, 6.45) is 0. The Balaban J connectivity index is 1.14. The number of para-hydroxylation sites is 1. The lowest BCUT2D eigenvalue weighted by molar-refractivity contribution is 0.794. The van der Waals surface area contributed by atoms with E-state index >= 15 is 0 Å². The molecule has 0 aliphatic heterocycles. The van der Waals surface area contributed by atoms with Crippen molar-refractivity contribution in [2.75, 3.05) is 0 Å².